The normalized spacial score (nSPS) is 14.5. The van der Waals surface area contributed by atoms with E-state index in [1.54, 1.807) is 19.1 Å². The number of piperidine rings is 1. The van der Waals surface area contributed by atoms with Crippen molar-refractivity contribution < 1.29 is 19.2 Å². The summed E-state index contributed by atoms with van der Waals surface area (Å²) in [4.78, 5) is 32.6. The molecule has 0 spiro atoms. The molecule has 0 saturated carbocycles. The summed E-state index contributed by atoms with van der Waals surface area (Å²) in [6.45, 7) is 8.61. The lowest BCUT2D eigenvalue weighted by Crippen LogP contribution is -2.36. The molecule has 1 aromatic carbocycles. The van der Waals surface area contributed by atoms with E-state index < -0.39 is 4.92 Å². The Labute approximate surface area is 194 Å². The van der Waals surface area contributed by atoms with Crippen LogP contribution in [0, 0.1) is 22.0 Å². The zero-order valence-electron chi connectivity index (χ0n) is 19.5. The van der Waals surface area contributed by atoms with Crippen molar-refractivity contribution in [3.63, 3.8) is 0 Å². The van der Waals surface area contributed by atoms with E-state index in [1.165, 1.54) is 6.20 Å². The molecule has 0 unspecified atom stereocenters. The van der Waals surface area contributed by atoms with E-state index in [9.17, 15) is 14.9 Å². The second-order valence-electron chi connectivity index (χ2n) is 8.93. The topological polar surface area (TPSA) is 108 Å². The van der Waals surface area contributed by atoms with Gasteiger partial charge in [-0.3, -0.25) is 10.1 Å². The smallest absolute Gasteiger partial charge is 0.329 e. The maximum absolute atomic E-state index is 11.6. The fourth-order valence-electron chi connectivity index (χ4n) is 3.69. The lowest BCUT2D eigenvalue weighted by Gasteiger charge is -2.32. The van der Waals surface area contributed by atoms with E-state index in [-0.39, 0.29) is 23.3 Å². The predicted molar refractivity (Wildman–Crippen MR) is 125 cm³/mol. The molecule has 1 fully saturated rings. The molecular formula is C24H32N4O5. The molecule has 9 heteroatoms. The Bertz CT molecular complexity index is 940. The molecule has 0 aliphatic carbocycles. The van der Waals surface area contributed by atoms with Crippen molar-refractivity contribution in [3.05, 3.63) is 46.1 Å². The number of benzene rings is 1. The van der Waals surface area contributed by atoms with E-state index in [0.717, 1.165) is 25.0 Å². The van der Waals surface area contributed by atoms with Crippen molar-refractivity contribution in [2.45, 2.75) is 46.5 Å². The predicted octanol–water partition coefficient (Wildman–Crippen LogP) is 4.59. The van der Waals surface area contributed by atoms with Crippen LogP contribution >= 0.6 is 0 Å². The fraction of sp³-hybridized carbons (Fsp3) is 0.542. The van der Waals surface area contributed by atoms with E-state index in [1.807, 2.05) is 17.0 Å². The summed E-state index contributed by atoms with van der Waals surface area (Å²) in [7, 11) is 0. The number of nitro groups is 1. The average molecular weight is 457 g/mol. The molecule has 0 bridgehead atoms. The van der Waals surface area contributed by atoms with Gasteiger partial charge in [0.2, 0.25) is 5.82 Å². The molecule has 0 atom stereocenters. The molecular weight excluding hydrogens is 424 g/mol. The highest BCUT2D eigenvalue weighted by Gasteiger charge is 2.27. The first-order chi connectivity index (χ1) is 15.8. The monoisotopic (exact) mass is 456 g/mol. The van der Waals surface area contributed by atoms with Gasteiger partial charge in [-0.1, -0.05) is 26.0 Å². The first-order valence-electron chi connectivity index (χ1n) is 11.4. The Morgan fingerprint density at radius 2 is 1.94 bits per heavy atom. The molecule has 178 valence electrons. The number of carbonyl (C=O) groups is 1. The first kappa shape index (κ1) is 24.6. The van der Waals surface area contributed by atoms with Gasteiger partial charge in [-0.05, 0) is 55.7 Å². The summed E-state index contributed by atoms with van der Waals surface area (Å²) in [6, 6.07) is 7.40. The van der Waals surface area contributed by atoms with Gasteiger partial charge in [0.1, 0.15) is 17.7 Å². The van der Waals surface area contributed by atoms with Crippen molar-refractivity contribution in [2.24, 2.45) is 11.8 Å². The van der Waals surface area contributed by atoms with Crippen LogP contribution in [-0.4, -0.2) is 47.0 Å². The van der Waals surface area contributed by atoms with Crippen LogP contribution in [0.2, 0.25) is 0 Å². The van der Waals surface area contributed by atoms with Crippen LogP contribution < -0.4 is 9.64 Å². The third-order valence-electron chi connectivity index (χ3n) is 5.54. The molecule has 1 aliphatic heterocycles. The van der Waals surface area contributed by atoms with Crippen molar-refractivity contribution in [3.8, 4) is 11.8 Å². The SMILES string of the molecule is CC(=O)CCc1ccc(Oc2ncc([N+](=O)[O-])c(N3CCC(COCC(C)C)CC3)n2)cc1. The maximum atomic E-state index is 11.6. The van der Waals surface area contributed by atoms with Crippen LogP contribution in [0.25, 0.3) is 0 Å². The summed E-state index contributed by atoms with van der Waals surface area (Å²) >= 11 is 0. The van der Waals surface area contributed by atoms with E-state index in [0.29, 0.717) is 50.1 Å². The van der Waals surface area contributed by atoms with E-state index >= 15 is 0 Å². The van der Waals surface area contributed by atoms with Gasteiger partial charge in [-0.15, -0.1) is 0 Å². The zero-order chi connectivity index (χ0) is 23.8. The van der Waals surface area contributed by atoms with Crippen LogP contribution in [0.5, 0.6) is 11.8 Å². The molecule has 33 heavy (non-hydrogen) atoms. The molecule has 1 aromatic heterocycles. The number of carbonyl (C=O) groups excluding carboxylic acids is 1. The minimum Gasteiger partial charge on any atom is -0.424 e. The minimum absolute atomic E-state index is 0.0643. The molecule has 0 amide bonds. The van der Waals surface area contributed by atoms with Gasteiger partial charge >= 0.3 is 11.7 Å². The van der Waals surface area contributed by atoms with Crippen molar-refractivity contribution in [1.29, 1.82) is 0 Å². The number of aryl methyl sites for hydroxylation is 1. The Kier molecular flexibility index (Phi) is 8.71. The second-order valence-corrected chi connectivity index (χ2v) is 8.93. The molecule has 2 aromatic rings. The van der Waals surface area contributed by atoms with Crippen LogP contribution in [0.4, 0.5) is 11.5 Å². The van der Waals surface area contributed by atoms with Crippen molar-refractivity contribution >= 4 is 17.3 Å². The molecule has 1 saturated heterocycles. The Morgan fingerprint density at radius 3 is 2.55 bits per heavy atom. The summed E-state index contributed by atoms with van der Waals surface area (Å²) in [5, 5.41) is 11.6. The Balaban J connectivity index is 1.65. The summed E-state index contributed by atoms with van der Waals surface area (Å²) in [6.07, 6.45) is 4.15. The Morgan fingerprint density at radius 1 is 1.24 bits per heavy atom. The number of anilines is 1. The fourth-order valence-corrected chi connectivity index (χ4v) is 3.69. The summed E-state index contributed by atoms with van der Waals surface area (Å²) in [5.74, 6) is 1.91. The van der Waals surface area contributed by atoms with Gasteiger partial charge in [-0.25, -0.2) is 0 Å². The third-order valence-corrected chi connectivity index (χ3v) is 5.54. The van der Waals surface area contributed by atoms with Gasteiger partial charge in [0.25, 0.3) is 0 Å². The van der Waals surface area contributed by atoms with E-state index in [4.69, 9.17) is 9.47 Å². The molecule has 9 nitrogen and oxygen atoms in total. The highest BCUT2D eigenvalue weighted by atomic mass is 16.6. The summed E-state index contributed by atoms with van der Waals surface area (Å²) < 4.78 is 11.5. The number of hydrogen-bond acceptors (Lipinski definition) is 8. The molecule has 0 radical (unpaired) electrons. The Hall–Kier alpha value is -3.07. The minimum atomic E-state index is -0.458. The zero-order valence-corrected chi connectivity index (χ0v) is 19.5. The first-order valence-corrected chi connectivity index (χ1v) is 11.4. The van der Waals surface area contributed by atoms with Gasteiger partial charge < -0.3 is 19.2 Å². The number of Topliss-reactive ketones (excluding diaryl/α,β-unsaturated/α-hetero) is 1. The van der Waals surface area contributed by atoms with Crippen LogP contribution in [-0.2, 0) is 16.0 Å². The number of aromatic nitrogens is 2. The quantitative estimate of drug-likeness (QED) is 0.357. The standard InChI is InChI=1S/C24H32N4O5/c1-17(2)15-32-16-20-10-12-27(13-11-20)23-22(28(30)31)14-25-24(26-23)33-21-8-6-19(7-9-21)5-4-18(3)29/h6-9,14,17,20H,4-5,10-13,15-16H2,1-3H3. The van der Waals surface area contributed by atoms with Crippen LogP contribution in [0.1, 0.15) is 45.6 Å². The highest BCUT2D eigenvalue weighted by molar-refractivity contribution is 5.75. The van der Waals surface area contributed by atoms with Crippen LogP contribution in [0.3, 0.4) is 0 Å². The molecule has 1 aliphatic rings. The molecule has 2 heterocycles. The van der Waals surface area contributed by atoms with Crippen molar-refractivity contribution in [2.75, 3.05) is 31.2 Å². The largest absolute Gasteiger partial charge is 0.424 e. The number of rotatable bonds is 11. The highest BCUT2D eigenvalue weighted by Crippen LogP contribution is 2.31. The van der Waals surface area contributed by atoms with Crippen molar-refractivity contribution in [1.82, 2.24) is 9.97 Å². The van der Waals surface area contributed by atoms with E-state index in [2.05, 4.69) is 23.8 Å². The third kappa shape index (κ3) is 7.49. The summed E-state index contributed by atoms with van der Waals surface area (Å²) in [5.41, 5.74) is 0.902. The molecule has 3 rings (SSSR count). The number of ether oxygens (including phenoxy) is 2. The second kappa shape index (κ2) is 11.7. The van der Waals surface area contributed by atoms with Crippen LogP contribution in [0.15, 0.2) is 30.5 Å². The lowest BCUT2D eigenvalue weighted by molar-refractivity contribution is -0.384. The number of ketones is 1. The average Bonchev–Trinajstić information content (AvgIpc) is 2.78. The number of hydrogen-bond donors (Lipinski definition) is 0. The van der Waals surface area contributed by atoms with Gasteiger partial charge in [0, 0.05) is 32.7 Å². The number of nitrogens with zero attached hydrogens (tertiary/aromatic N) is 4. The van der Waals surface area contributed by atoms with Gasteiger partial charge in [-0.2, -0.15) is 9.97 Å². The maximum Gasteiger partial charge on any atom is 0.329 e. The van der Waals surface area contributed by atoms with Gasteiger partial charge in [0.15, 0.2) is 0 Å². The van der Waals surface area contributed by atoms with Gasteiger partial charge in [0.05, 0.1) is 4.92 Å². The molecule has 0 N–H and O–H groups in total. The lowest BCUT2D eigenvalue weighted by atomic mass is 9.98.